The summed E-state index contributed by atoms with van der Waals surface area (Å²) < 4.78 is 55.4. The van der Waals surface area contributed by atoms with Crippen LogP contribution in [0.1, 0.15) is 29.3 Å². The summed E-state index contributed by atoms with van der Waals surface area (Å²) in [4.78, 5) is 24.7. The number of pyridine rings is 2. The Morgan fingerprint density at radius 1 is 1.06 bits per heavy atom. The molecule has 0 radical (unpaired) electrons. The third-order valence-corrected chi connectivity index (χ3v) is 6.66. The summed E-state index contributed by atoms with van der Waals surface area (Å²) >= 11 is 0. The fraction of sp³-hybridized carbons (Fsp3) is 0.174. The number of nitrogens with zero attached hydrogens (tertiary/aromatic N) is 2. The van der Waals surface area contributed by atoms with Gasteiger partial charge in [-0.25, -0.2) is 27.2 Å². The summed E-state index contributed by atoms with van der Waals surface area (Å²) in [6, 6.07) is 7.19. The molecule has 0 aliphatic rings. The molecule has 0 saturated heterocycles. The summed E-state index contributed by atoms with van der Waals surface area (Å²) in [5.41, 5.74) is 0.600. The minimum absolute atomic E-state index is 0.108. The molecule has 0 atom stereocenters. The van der Waals surface area contributed by atoms with Crippen LogP contribution in [0, 0.1) is 11.6 Å². The van der Waals surface area contributed by atoms with Crippen molar-refractivity contribution in [2.24, 2.45) is 0 Å². The van der Waals surface area contributed by atoms with E-state index in [9.17, 15) is 17.6 Å². The first-order valence-electron chi connectivity index (χ1n) is 10.4. The van der Waals surface area contributed by atoms with Crippen LogP contribution in [0.2, 0.25) is 0 Å². The Balaban J connectivity index is 1.75. The molecule has 3 N–H and O–H groups in total. The second-order valence-corrected chi connectivity index (χ2v) is 9.38. The maximum Gasteiger partial charge on any atom is 0.232 e. The van der Waals surface area contributed by atoms with E-state index in [1.54, 1.807) is 38.5 Å². The van der Waals surface area contributed by atoms with Gasteiger partial charge in [-0.3, -0.25) is 9.52 Å². The number of aromatic amines is 1. The van der Waals surface area contributed by atoms with Gasteiger partial charge in [-0.05, 0) is 36.8 Å². The van der Waals surface area contributed by atoms with Crippen molar-refractivity contribution in [3.8, 4) is 11.1 Å². The summed E-state index contributed by atoms with van der Waals surface area (Å²) in [5, 5.41) is 3.35. The third kappa shape index (κ3) is 4.46. The number of fused-ring (bicyclic) bond motifs is 1. The van der Waals surface area contributed by atoms with Crippen LogP contribution in [0.3, 0.4) is 0 Å². The van der Waals surface area contributed by atoms with Crippen LogP contribution in [0.4, 0.5) is 20.3 Å². The first-order chi connectivity index (χ1) is 16.2. The van der Waals surface area contributed by atoms with Gasteiger partial charge in [-0.2, -0.15) is 0 Å². The highest BCUT2D eigenvalue weighted by molar-refractivity contribution is 7.92. The van der Waals surface area contributed by atoms with Gasteiger partial charge in [0.15, 0.2) is 11.6 Å². The lowest BCUT2D eigenvalue weighted by molar-refractivity contribution is 0.103. The van der Waals surface area contributed by atoms with Crippen LogP contribution in [0.5, 0.6) is 0 Å². The van der Waals surface area contributed by atoms with Crippen LogP contribution >= 0.6 is 0 Å². The van der Waals surface area contributed by atoms with E-state index in [0.29, 0.717) is 22.4 Å². The molecule has 8 nitrogen and oxygen atoms in total. The fourth-order valence-electron chi connectivity index (χ4n) is 3.50. The Labute approximate surface area is 194 Å². The maximum atomic E-state index is 15.1. The minimum atomic E-state index is -3.97. The lowest BCUT2D eigenvalue weighted by Gasteiger charge is -2.11. The first kappa shape index (κ1) is 23.3. The number of halogens is 2. The van der Waals surface area contributed by atoms with Crippen molar-refractivity contribution in [2.75, 3.05) is 22.8 Å². The molecule has 0 spiro atoms. The number of carbonyl (C=O) groups is 1. The lowest BCUT2D eigenvalue weighted by Crippen LogP contribution is -2.19. The number of ketones is 1. The third-order valence-electron chi connectivity index (χ3n) is 5.19. The molecule has 0 unspecified atom stereocenters. The second kappa shape index (κ2) is 9.18. The van der Waals surface area contributed by atoms with Crippen molar-refractivity contribution >= 4 is 38.3 Å². The predicted octanol–water partition coefficient (Wildman–Crippen LogP) is 4.33. The topological polar surface area (TPSA) is 117 Å². The molecular formula is C23H21F2N5O3S. The molecule has 4 aromatic rings. The monoisotopic (exact) mass is 485 g/mol. The standard InChI is InChI=1S/C23H21F2N5O3S/c1-3-8-34(32,33)30-21-18(24)6-5-15(20(21)25)22(31)17-12-29-23-16(17)9-14(11-28-23)13-4-7-19(26-2)27-10-13/h4-7,9-12,30H,3,8H2,1-2H3,(H,26,27)(H,28,29). The quantitative estimate of drug-likeness (QED) is 0.320. The zero-order valence-corrected chi connectivity index (χ0v) is 19.1. The van der Waals surface area contributed by atoms with E-state index in [2.05, 4.69) is 20.3 Å². The average molecular weight is 486 g/mol. The molecule has 3 aromatic heterocycles. The van der Waals surface area contributed by atoms with Gasteiger partial charge in [-0.15, -0.1) is 0 Å². The summed E-state index contributed by atoms with van der Waals surface area (Å²) in [6.45, 7) is 1.62. The van der Waals surface area contributed by atoms with Gasteiger partial charge in [-0.1, -0.05) is 6.92 Å². The highest BCUT2D eigenvalue weighted by Crippen LogP contribution is 2.29. The molecule has 0 aliphatic heterocycles. The SMILES string of the molecule is CCCS(=O)(=O)Nc1c(F)ccc(C(=O)c2c[nH]c3ncc(-c4ccc(NC)nc4)cc23)c1F. The maximum absolute atomic E-state index is 15.1. The number of aromatic nitrogens is 3. The number of carbonyl (C=O) groups excluding carboxylic acids is 1. The first-order valence-corrected chi connectivity index (χ1v) is 12.0. The van der Waals surface area contributed by atoms with E-state index < -0.39 is 38.7 Å². The van der Waals surface area contributed by atoms with Crippen molar-refractivity contribution in [3.05, 3.63) is 71.7 Å². The van der Waals surface area contributed by atoms with Crippen molar-refractivity contribution in [1.82, 2.24) is 15.0 Å². The van der Waals surface area contributed by atoms with Gasteiger partial charge in [0, 0.05) is 47.7 Å². The van der Waals surface area contributed by atoms with Gasteiger partial charge >= 0.3 is 0 Å². The van der Waals surface area contributed by atoms with E-state index in [4.69, 9.17) is 0 Å². The van der Waals surface area contributed by atoms with E-state index in [-0.39, 0.29) is 17.7 Å². The molecule has 0 aliphatic carbocycles. The summed E-state index contributed by atoms with van der Waals surface area (Å²) in [7, 11) is -2.22. The number of H-pyrrole nitrogens is 1. The zero-order chi connectivity index (χ0) is 24.5. The molecule has 0 saturated carbocycles. The zero-order valence-electron chi connectivity index (χ0n) is 18.3. The highest BCUT2D eigenvalue weighted by atomic mass is 32.2. The Morgan fingerprint density at radius 2 is 1.82 bits per heavy atom. The molecule has 0 fully saturated rings. The van der Waals surface area contributed by atoms with Crippen LogP contribution in [0.25, 0.3) is 22.2 Å². The Hall–Kier alpha value is -3.86. The molecule has 34 heavy (non-hydrogen) atoms. The van der Waals surface area contributed by atoms with E-state index in [0.717, 1.165) is 17.7 Å². The van der Waals surface area contributed by atoms with Crippen LogP contribution < -0.4 is 10.0 Å². The van der Waals surface area contributed by atoms with Gasteiger partial charge in [0.1, 0.15) is 23.0 Å². The molecular weight excluding hydrogens is 464 g/mol. The Bertz CT molecular complexity index is 1480. The Morgan fingerprint density at radius 3 is 2.50 bits per heavy atom. The van der Waals surface area contributed by atoms with E-state index in [1.165, 1.54) is 6.20 Å². The number of benzene rings is 1. The number of nitrogens with one attached hydrogen (secondary N) is 3. The number of sulfonamides is 1. The number of hydrogen-bond donors (Lipinski definition) is 3. The molecule has 4 rings (SSSR count). The number of rotatable bonds is 8. The van der Waals surface area contributed by atoms with Gasteiger partial charge in [0.2, 0.25) is 10.0 Å². The largest absolute Gasteiger partial charge is 0.373 e. The molecule has 1 aromatic carbocycles. The van der Waals surface area contributed by atoms with Gasteiger partial charge in [0.25, 0.3) is 0 Å². The van der Waals surface area contributed by atoms with Gasteiger partial charge in [0.05, 0.1) is 11.3 Å². The second-order valence-electron chi connectivity index (χ2n) is 7.54. The molecule has 0 bridgehead atoms. The van der Waals surface area contributed by atoms with Crippen molar-refractivity contribution in [1.29, 1.82) is 0 Å². The van der Waals surface area contributed by atoms with E-state index >= 15 is 4.39 Å². The van der Waals surface area contributed by atoms with E-state index in [1.807, 2.05) is 10.8 Å². The predicted molar refractivity (Wildman–Crippen MR) is 126 cm³/mol. The normalized spacial score (nSPS) is 11.5. The fourth-order valence-corrected chi connectivity index (χ4v) is 4.64. The minimum Gasteiger partial charge on any atom is -0.373 e. The number of hydrogen-bond acceptors (Lipinski definition) is 6. The van der Waals surface area contributed by atoms with Crippen molar-refractivity contribution in [3.63, 3.8) is 0 Å². The van der Waals surface area contributed by atoms with Crippen LogP contribution in [0.15, 0.2) is 48.9 Å². The van der Waals surface area contributed by atoms with Crippen LogP contribution in [-0.4, -0.2) is 42.0 Å². The average Bonchev–Trinajstić information content (AvgIpc) is 3.25. The highest BCUT2D eigenvalue weighted by Gasteiger charge is 2.24. The van der Waals surface area contributed by atoms with Crippen LogP contribution in [-0.2, 0) is 10.0 Å². The smallest absolute Gasteiger partial charge is 0.232 e. The number of anilines is 2. The Kier molecular flexibility index (Phi) is 6.29. The lowest BCUT2D eigenvalue weighted by atomic mass is 10.0. The molecule has 11 heteroatoms. The summed E-state index contributed by atoms with van der Waals surface area (Å²) in [6.07, 6.45) is 4.91. The van der Waals surface area contributed by atoms with Crippen molar-refractivity contribution in [2.45, 2.75) is 13.3 Å². The molecule has 0 amide bonds. The van der Waals surface area contributed by atoms with Gasteiger partial charge < -0.3 is 10.3 Å². The van der Waals surface area contributed by atoms with Crippen molar-refractivity contribution < 1.29 is 22.0 Å². The molecule has 3 heterocycles. The summed E-state index contributed by atoms with van der Waals surface area (Å²) in [5.74, 6) is -2.77. The molecule has 176 valence electrons.